The third-order valence-electron chi connectivity index (χ3n) is 3.87. The zero-order chi connectivity index (χ0) is 17.2. The van der Waals surface area contributed by atoms with E-state index in [1.807, 2.05) is 48.5 Å². The van der Waals surface area contributed by atoms with Gasteiger partial charge in [0.1, 0.15) is 11.5 Å². The molecule has 0 radical (unpaired) electrons. The van der Waals surface area contributed by atoms with Crippen molar-refractivity contribution in [2.75, 3.05) is 18.1 Å². The van der Waals surface area contributed by atoms with Crippen molar-refractivity contribution in [2.45, 2.75) is 45.1 Å². The van der Waals surface area contributed by atoms with Gasteiger partial charge in [0.25, 0.3) is 0 Å². The molecule has 24 heavy (non-hydrogen) atoms. The van der Waals surface area contributed by atoms with Gasteiger partial charge in [-0.25, -0.2) is 0 Å². The van der Waals surface area contributed by atoms with Crippen LogP contribution in [0.1, 0.15) is 39.0 Å². The first-order valence-corrected chi connectivity index (χ1v) is 8.64. The van der Waals surface area contributed by atoms with Crippen LogP contribution < -0.4 is 20.9 Å². The van der Waals surface area contributed by atoms with Crippen LogP contribution in [0.2, 0.25) is 0 Å². The van der Waals surface area contributed by atoms with Gasteiger partial charge in [-0.2, -0.15) is 0 Å². The fraction of sp³-hybridized carbons (Fsp3) is 0.400. The van der Waals surface area contributed by atoms with Crippen LogP contribution in [0, 0.1) is 0 Å². The molecule has 1 unspecified atom stereocenters. The third kappa shape index (κ3) is 6.82. The van der Waals surface area contributed by atoms with Crippen LogP contribution in [0.15, 0.2) is 48.5 Å². The molecule has 0 aromatic heterocycles. The summed E-state index contributed by atoms with van der Waals surface area (Å²) < 4.78 is 11.6. The summed E-state index contributed by atoms with van der Waals surface area (Å²) in [6, 6.07) is 15.1. The summed E-state index contributed by atoms with van der Waals surface area (Å²) in [5.41, 5.74) is 12.8. The standard InChI is InChI=1S/C20H28N2O2/c1-16(24-20-13-9-18(22)10-14-20)6-4-2-3-5-15-23-19-11-7-17(21)8-12-19/h7-14,16H,2-6,15,21-22H2,1H3. The van der Waals surface area contributed by atoms with Gasteiger partial charge in [0.2, 0.25) is 0 Å². The average molecular weight is 328 g/mol. The molecule has 0 saturated heterocycles. The van der Waals surface area contributed by atoms with Crippen LogP contribution in [0.3, 0.4) is 0 Å². The molecule has 0 bridgehead atoms. The second kappa shape index (κ2) is 9.71. The lowest BCUT2D eigenvalue weighted by molar-refractivity contribution is 0.205. The number of benzene rings is 2. The molecule has 0 fully saturated rings. The minimum atomic E-state index is 0.222. The Morgan fingerprint density at radius 2 is 1.29 bits per heavy atom. The minimum absolute atomic E-state index is 0.222. The van der Waals surface area contributed by atoms with Gasteiger partial charge in [0.15, 0.2) is 0 Å². The van der Waals surface area contributed by atoms with Crippen LogP contribution in [-0.2, 0) is 0 Å². The van der Waals surface area contributed by atoms with Gasteiger partial charge >= 0.3 is 0 Å². The predicted octanol–water partition coefficient (Wildman–Crippen LogP) is 4.65. The summed E-state index contributed by atoms with van der Waals surface area (Å²) in [7, 11) is 0. The van der Waals surface area contributed by atoms with Crippen LogP contribution in [0.4, 0.5) is 11.4 Å². The Labute approximate surface area is 144 Å². The molecule has 4 nitrogen and oxygen atoms in total. The quantitative estimate of drug-likeness (QED) is 0.492. The van der Waals surface area contributed by atoms with Crippen molar-refractivity contribution in [3.8, 4) is 11.5 Å². The van der Waals surface area contributed by atoms with E-state index in [2.05, 4.69) is 6.92 Å². The van der Waals surface area contributed by atoms with E-state index in [-0.39, 0.29) is 6.10 Å². The maximum Gasteiger partial charge on any atom is 0.119 e. The van der Waals surface area contributed by atoms with E-state index in [9.17, 15) is 0 Å². The van der Waals surface area contributed by atoms with E-state index >= 15 is 0 Å². The van der Waals surface area contributed by atoms with Gasteiger partial charge in [-0.1, -0.05) is 12.8 Å². The van der Waals surface area contributed by atoms with Crippen molar-refractivity contribution in [3.05, 3.63) is 48.5 Å². The highest BCUT2D eigenvalue weighted by molar-refractivity contribution is 5.42. The largest absolute Gasteiger partial charge is 0.494 e. The van der Waals surface area contributed by atoms with Crippen molar-refractivity contribution in [1.29, 1.82) is 0 Å². The van der Waals surface area contributed by atoms with Crippen LogP contribution >= 0.6 is 0 Å². The van der Waals surface area contributed by atoms with E-state index in [0.29, 0.717) is 0 Å². The number of anilines is 2. The van der Waals surface area contributed by atoms with E-state index < -0.39 is 0 Å². The lowest BCUT2D eigenvalue weighted by Crippen LogP contribution is -2.11. The Balaban J connectivity index is 1.50. The summed E-state index contributed by atoms with van der Waals surface area (Å²) in [6.07, 6.45) is 5.88. The first-order chi connectivity index (χ1) is 11.6. The molecule has 0 aliphatic carbocycles. The van der Waals surface area contributed by atoms with Crippen molar-refractivity contribution in [1.82, 2.24) is 0 Å². The van der Waals surface area contributed by atoms with E-state index in [1.54, 1.807) is 0 Å². The Hall–Kier alpha value is -2.36. The molecule has 0 spiro atoms. The fourth-order valence-electron chi connectivity index (χ4n) is 2.48. The Morgan fingerprint density at radius 1 is 0.750 bits per heavy atom. The van der Waals surface area contributed by atoms with Gasteiger partial charge in [0, 0.05) is 11.4 Å². The van der Waals surface area contributed by atoms with Crippen LogP contribution in [-0.4, -0.2) is 12.7 Å². The Morgan fingerprint density at radius 3 is 1.92 bits per heavy atom. The topological polar surface area (TPSA) is 70.5 Å². The van der Waals surface area contributed by atoms with Gasteiger partial charge in [-0.3, -0.25) is 0 Å². The number of hydrogen-bond acceptors (Lipinski definition) is 4. The van der Waals surface area contributed by atoms with Crippen LogP contribution in [0.25, 0.3) is 0 Å². The summed E-state index contributed by atoms with van der Waals surface area (Å²) in [6.45, 7) is 2.86. The number of nitrogen functional groups attached to an aromatic ring is 2. The first kappa shape index (κ1) is 18.0. The highest BCUT2D eigenvalue weighted by Gasteiger charge is 2.04. The summed E-state index contributed by atoms with van der Waals surface area (Å²) in [4.78, 5) is 0. The second-order valence-corrected chi connectivity index (χ2v) is 6.12. The van der Waals surface area contributed by atoms with Gasteiger partial charge < -0.3 is 20.9 Å². The molecular formula is C20H28N2O2. The molecule has 130 valence electrons. The second-order valence-electron chi connectivity index (χ2n) is 6.12. The normalized spacial score (nSPS) is 11.9. The van der Waals surface area contributed by atoms with Crippen molar-refractivity contribution in [3.63, 3.8) is 0 Å². The van der Waals surface area contributed by atoms with Crippen molar-refractivity contribution < 1.29 is 9.47 Å². The molecule has 0 amide bonds. The van der Waals surface area contributed by atoms with Crippen LogP contribution in [0.5, 0.6) is 11.5 Å². The van der Waals surface area contributed by atoms with Gasteiger partial charge in [-0.05, 0) is 74.7 Å². The maximum atomic E-state index is 5.87. The molecule has 2 aromatic carbocycles. The molecule has 2 rings (SSSR count). The molecule has 4 heteroatoms. The predicted molar refractivity (Wildman–Crippen MR) is 100 cm³/mol. The molecule has 0 aliphatic heterocycles. The Kier molecular flexibility index (Phi) is 7.27. The summed E-state index contributed by atoms with van der Waals surface area (Å²) in [5.74, 6) is 1.77. The molecular weight excluding hydrogens is 300 g/mol. The summed E-state index contributed by atoms with van der Waals surface area (Å²) in [5, 5.41) is 0. The smallest absolute Gasteiger partial charge is 0.119 e. The minimum Gasteiger partial charge on any atom is -0.494 e. The SMILES string of the molecule is CC(CCCCCCOc1ccc(N)cc1)Oc1ccc(N)cc1. The molecule has 0 aliphatic rings. The lowest BCUT2D eigenvalue weighted by atomic mass is 10.1. The van der Waals surface area contributed by atoms with Gasteiger partial charge in [0.05, 0.1) is 12.7 Å². The monoisotopic (exact) mass is 328 g/mol. The summed E-state index contributed by atoms with van der Waals surface area (Å²) >= 11 is 0. The molecule has 2 aromatic rings. The van der Waals surface area contributed by atoms with Crippen molar-refractivity contribution >= 4 is 11.4 Å². The molecule has 1 atom stereocenters. The highest BCUT2D eigenvalue weighted by atomic mass is 16.5. The number of unbranched alkanes of at least 4 members (excludes halogenated alkanes) is 3. The third-order valence-corrected chi connectivity index (χ3v) is 3.87. The van der Waals surface area contributed by atoms with E-state index in [4.69, 9.17) is 20.9 Å². The lowest BCUT2D eigenvalue weighted by Gasteiger charge is -2.14. The van der Waals surface area contributed by atoms with E-state index in [1.165, 1.54) is 12.8 Å². The average Bonchev–Trinajstić information content (AvgIpc) is 2.58. The molecule has 4 N–H and O–H groups in total. The fourth-order valence-corrected chi connectivity index (χ4v) is 2.48. The maximum absolute atomic E-state index is 5.87. The number of rotatable bonds is 10. The zero-order valence-corrected chi connectivity index (χ0v) is 14.4. The van der Waals surface area contributed by atoms with E-state index in [0.717, 1.165) is 48.7 Å². The number of hydrogen-bond donors (Lipinski definition) is 2. The molecule has 0 saturated carbocycles. The Bertz CT molecular complexity index is 582. The van der Waals surface area contributed by atoms with Crippen molar-refractivity contribution in [2.24, 2.45) is 0 Å². The highest BCUT2D eigenvalue weighted by Crippen LogP contribution is 2.17. The number of ether oxygens (including phenoxy) is 2. The number of nitrogens with two attached hydrogens (primary N) is 2. The zero-order valence-electron chi connectivity index (χ0n) is 14.4. The molecule has 0 heterocycles. The first-order valence-electron chi connectivity index (χ1n) is 8.64. The van der Waals surface area contributed by atoms with Gasteiger partial charge in [-0.15, -0.1) is 0 Å².